The minimum absolute atomic E-state index is 0.0896. The Morgan fingerprint density at radius 3 is 2.68 bits per heavy atom. The van der Waals surface area contributed by atoms with Gasteiger partial charge in [-0.2, -0.15) is 5.26 Å². The average molecular weight is 533 g/mol. The van der Waals surface area contributed by atoms with E-state index < -0.39 is 35.6 Å². The molecule has 0 radical (unpaired) electrons. The van der Waals surface area contributed by atoms with Gasteiger partial charge in [-0.25, -0.2) is 4.98 Å². The van der Waals surface area contributed by atoms with Gasteiger partial charge in [0.05, 0.1) is 53.9 Å². The average Bonchev–Trinajstić information content (AvgIpc) is 3.24. The number of carbonyl (C=O) groups excluding carboxylic acids is 2. The topological polar surface area (TPSA) is 133 Å². The quantitative estimate of drug-likeness (QED) is 0.436. The summed E-state index contributed by atoms with van der Waals surface area (Å²) in [5, 5.41) is 33.2. The first-order chi connectivity index (χ1) is 17.3. The number of ketones is 1. The molecule has 2 saturated heterocycles. The zero-order valence-corrected chi connectivity index (χ0v) is 23.5. The van der Waals surface area contributed by atoms with Crippen LogP contribution in [0.1, 0.15) is 84.3 Å². The summed E-state index contributed by atoms with van der Waals surface area (Å²) in [7, 11) is 0. The Labute approximate surface area is 223 Å². The molecule has 0 unspecified atom stereocenters. The number of aliphatic hydroxyl groups is 2. The van der Waals surface area contributed by atoms with E-state index in [9.17, 15) is 19.8 Å². The zero-order valence-electron chi connectivity index (χ0n) is 22.7. The van der Waals surface area contributed by atoms with Crippen LogP contribution < -0.4 is 0 Å². The molecule has 0 aliphatic carbocycles. The molecule has 0 spiro atoms. The largest absolute Gasteiger partial charge is 0.458 e. The number of Topliss-reactive ketones (excluding diaryl/α,β-unsaturated/α-hetero) is 1. The van der Waals surface area contributed by atoms with Crippen LogP contribution in [0.3, 0.4) is 0 Å². The molecule has 37 heavy (non-hydrogen) atoms. The van der Waals surface area contributed by atoms with Gasteiger partial charge in [-0.05, 0) is 44.3 Å². The fourth-order valence-corrected chi connectivity index (χ4v) is 5.84. The van der Waals surface area contributed by atoms with Gasteiger partial charge in [0.25, 0.3) is 0 Å². The first-order valence-corrected chi connectivity index (χ1v) is 13.9. The van der Waals surface area contributed by atoms with Crippen molar-refractivity contribution >= 4 is 29.2 Å². The van der Waals surface area contributed by atoms with Crippen molar-refractivity contribution in [2.24, 2.45) is 17.3 Å². The summed E-state index contributed by atoms with van der Waals surface area (Å²) in [5.74, 6) is -1.65. The van der Waals surface area contributed by atoms with E-state index in [2.05, 4.69) is 11.1 Å². The molecule has 7 atom stereocenters. The Bertz CT molecular complexity index is 1060. The van der Waals surface area contributed by atoms with E-state index in [0.29, 0.717) is 12.1 Å². The van der Waals surface area contributed by atoms with Gasteiger partial charge in [-0.1, -0.05) is 34.1 Å². The van der Waals surface area contributed by atoms with E-state index >= 15 is 0 Å². The summed E-state index contributed by atoms with van der Waals surface area (Å²) in [4.78, 5) is 30.7. The number of carbonyl (C=O) groups is 2. The Morgan fingerprint density at radius 1 is 1.30 bits per heavy atom. The molecule has 2 N–H and O–H groups in total. The molecule has 0 bridgehead atoms. The molecule has 2 fully saturated rings. The summed E-state index contributed by atoms with van der Waals surface area (Å²) in [6.07, 6.45) is 1.83. The molecule has 1 aromatic heterocycles. The number of hydrogen-bond acceptors (Lipinski definition) is 9. The van der Waals surface area contributed by atoms with Gasteiger partial charge in [-0.15, -0.1) is 11.3 Å². The summed E-state index contributed by atoms with van der Waals surface area (Å²) in [6, 6.07) is 2.09. The minimum Gasteiger partial charge on any atom is -0.458 e. The molecular formula is C28H40N2O6S. The Hall–Kier alpha value is -2.12. The van der Waals surface area contributed by atoms with Crippen LogP contribution in [-0.4, -0.2) is 57.0 Å². The monoisotopic (exact) mass is 532 g/mol. The molecule has 0 amide bonds. The number of esters is 1. The van der Waals surface area contributed by atoms with Crippen molar-refractivity contribution in [2.45, 2.75) is 110 Å². The van der Waals surface area contributed by atoms with E-state index in [1.54, 1.807) is 20.8 Å². The number of ether oxygens (including phenoxy) is 2. The highest BCUT2D eigenvalue weighted by molar-refractivity contribution is 7.09. The predicted octanol–water partition coefficient (Wildman–Crippen LogP) is 4.24. The number of nitriles is 1. The second-order valence-electron chi connectivity index (χ2n) is 11.5. The summed E-state index contributed by atoms with van der Waals surface area (Å²) in [6.45, 7) is 10.8. The van der Waals surface area contributed by atoms with Crippen molar-refractivity contribution < 1.29 is 29.3 Å². The van der Waals surface area contributed by atoms with Crippen LogP contribution >= 0.6 is 11.3 Å². The molecule has 3 rings (SSSR count). The van der Waals surface area contributed by atoms with Crippen LogP contribution in [0.15, 0.2) is 11.0 Å². The molecule has 204 valence electrons. The number of aliphatic hydroxyl groups excluding tert-OH is 2. The van der Waals surface area contributed by atoms with Crippen molar-refractivity contribution in [3.8, 4) is 6.07 Å². The summed E-state index contributed by atoms with van der Waals surface area (Å²) in [5.41, 5.74) is -0.0806. The second kappa shape index (κ2) is 11.7. The molecule has 2 aliphatic rings. The molecule has 2 aliphatic heterocycles. The Kier molecular flexibility index (Phi) is 9.33. The molecule has 0 aromatic carbocycles. The minimum atomic E-state index is -1.26. The Morgan fingerprint density at radius 2 is 2.00 bits per heavy atom. The van der Waals surface area contributed by atoms with Crippen molar-refractivity contribution in [3.63, 3.8) is 0 Å². The van der Waals surface area contributed by atoms with Gasteiger partial charge in [0.2, 0.25) is 0 Å². The molecule has 3 heterocycles. The normalized spacial score (nSPS) is 35.8. The maximum absolute atomic E-state index is 13.2. The first kappa shape index (κ1) is 29.4. The third kappa shape index (κ3) is 7.05. The first-order valence-electron chi connectivity index (χ1n) is 13.1. The van der Waals surface area contributed by atoms with E-state index in [1.165, 1.54) is 11.3 Å². The highest BCUT2D eigenvalue weighted by Gasteiger charge is 2.53. The van der Waals surface area contributed by atoms with E-state index in [-0.39, 0.29) is 36.2 Å². The lowest BCUT2D eigenvalue weighted by Gasteiger charge is -2.34. The third-order valence-electron chi connectivity index (χ3n) is 8.09. The number of aromatic nitrogens is 1. The van der Waals surface area contributed by atoms with Crippen LogP contribution in [0.2, 0.25) is 0 Å². The smallest absolute Gasteiger partial charge is 0.309 e. The second-order valence-corrected chi connectivity index (χ2v) is 12.4. The lowest BCUT2D eigenvalue weighted by atomic mass is 9.73. The number of fused-ring (bicyclic) bond motifs is 1. The lowest BCUT2D eigenvalue weighted by Crippen LogP contribution is -2.45. The van der Waals surface area contributed by atoms with Gasteiger partial charge in [0, 0.05) is 17.7 Å². The number of epoxide rings is 1. The van der Waals surface area contributed by atoms with Crippen molar-refractivity contribution in [2.75, 3.05) is 0 Å². The van der Waals surface area contributed by atoms with Crippen molar-refractivity contribution in [1.29, 1.82) is 5.26 Å². The van der Waals surface area contributed by atoms with Gasteiger partial charge >= 0.3 is 5.97 Å². The fourth-order valence-electron chi connectivity index (χ4n) is 5.16. The van der Waals surface area contributed by atoms with Crippen LogP contribution in [-0.2, 0) is 25.5 Å². The van der Waals surface area contributed by atoms with Crippen molar-refractivity contribution in [3.05, 3.63) is 21.7 Å². The standard InChI is InChI=1S/C28H40N2O6S/c1-16-8-7-10-28(6)22(36-28)13-20(17(2)12-19-15-37-23(30-19)9-11-29)35-24(32)14-21(31)27(4,5)26(34)18(3)25(16)33/h12,15-16,18,20-22,25,31,33H,7-10,13-14H2,1-6H3/b17-12+/t16-,18-,20+,21+,22+,25+,28+/m1/s1. The van der Waals surface area contributed by atoms with Gasteiger partial charge in [0.15, 0.2) is 0 Å². The lowest BCUT2D eigenvalue weighted by molar-refractivity contribution is -0.154. The maximum Gasteiger partial charge on any atom is 0.309 e. The predicted molar refractivity (Wildman–Crippen MR) is 140 cm³/mol. The maximum atomic E-state index is 13.2. The van der Waals surface area contributed by atoms with E-state index in [4.69, 9.17) is 14.7 Å². The van der Waals surface area contributed by atoms with Crippen LogP contribution in [0.4, 0.5) is 0 Å². The van der Waals surface area contributed by atoms with Crippen LogP contribution in [0, 0.1) is 28.6 Å². The zero-order chi connectivity index (χ0) is 27.5. The molecule has 0 saturated carbocycles. The molecule has 1 aromatic rings. The fraction of sp³-hybridized carbons (Fsp3) is 0.714. The number of thiazole rings is 1. The highest BCUT2D eigenvalue weighted by atomic mass is 32.1. The van der Waals surface area contributed by atoms with Crippen LogP contribution in [0.25, 0.3) is 6.08 Å². The van der Waals surface area contributed by atoms with E-state index in [0.717, 1.165) is 29.8 Å². The molecule has 9 heteroatoms. The van der Waals surface area contributed by atoms with Gasteiger partial charge < -0.3 is 19.7 Å². The van der Waals surface area contributed by atoms with Gasteiger partial charge in [-0.3, -0.25) is 9.59 Å². The highest BCUT2D eigenvalue weighted by Crippen LogP contribution is 2.45. The molecular weight excluding hydrogens is 492 g/mol. The SMILES string of the molecule is C/C(=C\c1csc(CC#N)n1)[C@@H]1C[C@@H]2O[C@@]2(C)CCC[C@@H](C)[C@H](O)[C@@H](C)C(=O)C(C)(C)[C@@H](O)CC(=O)O1. The van der Waals surface area contributed by atoms with Crippen LogP contribution in [0.5, 0.6) is 0 Å². The number of rotatable bonds is 3. The molecule has 8 nitrogen and oxygen atoms in total. The summed E-state index contributed by atoms with van der Waals surface area (Å²) >= 11 is 1.41. The van der Waals surface area contributed by atoms with E-state index in [1.807, 2.05) is 32.2 Å². The number of cyclic esters (lactones) is 1. The number of hydrogen-bond donors (Lipinski definition) is 2. The van der Waals surface area contributed by atoms with Crippen molar-refractivity contribution in [1.82, 2.24) is 4.98 Å². The summed E-state index contributed by atoms with van der Waals surface area (Å²) < 4.78 is 11.9. The number of nitrogens with zero attached hydrogens (tertiary/aromatic N) is 2. The Balaban J connectivity index is 1.85. The third-order valence-corrected chi connectivity index (χ3v) is 8.96. The van der Waals surface area contributed by atoms with Gasteiger partial charge in [0.1, 0.15) is 16.9 Å².